The lowest BCUT2D eigenvalue weighted by Crippen LogP contribution is -2.27. The van der Waals surface area contributed by atoms with Crippen LogP contribution in [0, 0.1) is 11.3 Å². The van der Waals surface area contributed by atoms with E-state index in [2.05, 4.69) is 0 Å². The van der Waals surface area contributed by atoms with E-state index < -0.39 is 27.2 Å². The maximum Gasteiger partial charge on any atom is 0.416 e. The maximum absolute atomic E-state index is 13.6. The Labute approximate surface area is 195 Å². The fraction of sp³-hybridized carbons (Fsp3) is 0.192. The quantitative estimate of drug-likeness (QED) is 0.437. The normalized spacial score (nSPS) is 18.4. The molecule has 1 unspecified atom stereocenters. The van der Waals surface area contributed by atoms with Gasteiger partial charge in [0.25, 0.3) is 0 Å². The number of hydrogen-bond acceptors (Lipinski definition) is 4. The molecule has 174 valence electrons. The van der Waals surface area contributed by atoms with Crippen molar-refractivity contribution in [1.82, 2.24) is 0 Å². The molecule has 4 nitrogen and oxygen atoms in total. The summed E-state index contributed by atoms with van der Waals surface area (Å²) in [7, 11) is -4.16. The number of alkyl halides is 3. The van der Waals surface area contributed by atoms with Gasteiger partial charge in [-0.1, -0.05) is 30.3 Å². The van der Waals surface area contributed by atoms with Crippen LogP contribution in [0.25, 0.3) is 5.76 Å². The molecule has 8 heteroatoms. The summed E-state index contributed by atoms with van der Waals surface area (Å²) in [5.41, 5.74) is 0.0170. The van der Waals surface area contributed by atoms with Crippen molar-refractivity contribution in [2.75, 3.05) is 0 Å². The molecule has 3 aromatic carbocycles. The zero-order chi connectivity index (χ0) is 24.6. The predicted octanol–water partition coefficient (Wildman–Crippen LogP) is 6.14. The van der Waals surface area contributed by atoms with Crippen molar-refractivity contribution in [2.45, 2.75) is 36.4 Å². The van der Waals surface area contributed by atoms with Crippen molar-refractivity contribution in [3.8, 4) is 6.07 Å². The van der Waals surface area contributed by atoms with E-state index in [0.717, 1.165) is 29.8 Å². The molecule has 4 rings (SSSR count). The highest BCUT2D eigenvalue weighted by Crippen LogP contribution is 2.45. The van der Waals surface area contributed by atoms with Crippen molar-refractivity contribution in [1.29, 1.82) is 5.26 Å². The van der Waals surface area contributed by atoms with Crippen molar-refractivity contribution < 1.29 is 26.3 Å². The van der Waals surface area contributed by atoms with Crippen LogP contribution in [0.2, 0.25) is 0 Å². The zero-order valence-electron chi connectivity index (χ0n) is 18.1. The fourth-order valence-corrected chi connectivity index (χ4v) is 5.66. The number of hydrogen-bond donors (Lipinski definition) is 0. The first kappa shape index (κ1) is 23.6. The molecule has 1 aliphatic heterocycles. The molecule has 1 atom stereocenters. The van der Waals surface area contributed by atoms with Crippen molar-refractivity contribution in [3.05, 3.63) is 106 Å². The van der Waals surface area contributed by atoms with Crippen LogP contribution in [0.3, 0.4) is 0 Å². The summed E-state index contributed by atoms with van der Waals surface area (Å²) in [5, 5.41) is 9.08. The Balaban J connectivity index is 1.77. The summed E-state index contributed by atoms with van der Waals surface area (Å²) in [5.74, 6) is 0.141. The number of sulfone groups is 1. The maximum atomic E-state index is 13.6. The summed E-state index contributed by atoms with van der Waals surface area (Å²) in [4.78, 5) is -0.246. The third-order valence-corrected chi connectivity index (χ3v) is 7.52. The molecule has 1 heterocycles. The van der Waals surface area contributed by atoms with Gasteiger partial charge in [0.1, 0.15) is 11.4 Å². The summed E-state index contributed by atoms with van der Waals surface area (Å²) >= 11 is 0. The second-order valence-corrected chi connectivity index (χ2v) is 10.3. The van der Waals surface area contributed by atoms with Crippen LogP contribution in [-0.4, -0.2) is 14.0 Å². The molecule has 0 spiro atoms. The van der Waals surface area contributed by atoms with E-state index in [0.29, 0.717) is 17.5 Å². The molecule has 0 bridgehead atoms. The van der Waals surface area contributed by atoms with Gasteiger partial charge in [-0.05, 0) is 61.0 Å². The van der Waals surface area contributed by atoms with Crippen LogP contribution < -0.4 is 0 Å². The molecule has 0 aliphatic carbocycles. The number of rotatable bonds is 5. The van der Waals surface area contributed by atoms with E-state index in [9.17, 15) is 21.6 Å². The van der Waals surface area contributed by atoms with Gasteiger partial charge in [0.15, 0.2) is 0 Å². The minimum Gasteiger partial charge on any atom is -0.485 e. The minimum absolute atomic E-state index is 0.00426. The van der Waals surface area contributed by atoms with Crippen molar-refractivity contribution >= 4 is 15.6 Å². The Morgan fingerprint density at radius 3 is 2.15 bits per heavy atom. The second-order valence-electron chi connectivity index (χ2n) is 8.36. The Morgan fingerprint density at radius 2 is 1.59 bits per heavy atom. The van der Waals surface area contributed by atoms with Crippen LogP contribution >= 0.6 is 0 Å². The van der Waals surface area contributed by atoms with Gasteiger partial charge in [0, 0.05) is 18.4 Å². The molecular weight excluding hydrogens is 463 g/mol. The summed E-state index contributed by atoms with van der Waals surface area (Å²) in [6.07, 6.45) is -4.10. The fourth-order valence-electron chi connectivity index (χ4n) is 3.98. The average molecular weight is 484 g/mol. The highest BCUT2D eigenvalue weighted by Gasteiger charge is 2.43. The van der Waals surface area contributed by atoms with Gasteiger partial charge >= 0.3 is 6.18 Å². The van der Waals surface area contributed by atoms with E-state index >= 15 is 0 Å². The zero-order valence-corrected chi connectivity index (χ0v) is 19.0. The van der Waals surface area contributed by atoms with Gasteiger partial charge in [-0.2, -0.15) is 18.4 Å². The van der Waals surface area contributed by atoms with Crippen LogP contribution in [0.15, 0.2) is 88.7 Å². The Hall–Kier alpha value is -3.57. The number of nitriles is 1. The van der Waals surface area contributed by atoms with Crippen molar-refractivity contribution in [3.63, 3.8) is 0 Å². The Kier molecular flexibility index (Phi) is 6.00. The number of benzene rings is 3. The molecule has 0 saturated heterocycles. The smallest absolute Gasteiger partial charge is 0.416 e. The standard InChI is InChI=1S/C26H20F3NO3S/c1-25(15-18-5-3-2-4-6-18)16-23(24(33-25)20-9-7-19(17-30)8-10-20)34(31,32)22-13-11-21(12-14-22)26(27,28)29/h2-14H,15-16H2,1H3. The lowest BCUT2D eigenvalue weighted by molar-refractivity contribution is -0.137. The largest absolute Gasteiger partial charge is 0.485 e. The number of halogens is 3. The average Bonchev–Trinajstić information content (AvgIpc) is 3.17. The molecule has 3 aromatic rings. The summed E-state index contributed by atoms with van der Waals surface area (Å²) in [6, 6.07) is 21.2. The van der Waals surface area contributed by atoms with E-state index in [4.69, 9.17) is 10.00 Å². The van der Waals surface area contributed by atoms with E-state index in [-0.39, 0.29) is 22.0 Å². The first-order valence-electron chi connectivity index (χ1n) is 10.4. The Bertz CT molecular complexity index is 1370. The highest BCUT2D eigenvalue weighted by atomic mass is 32.2. The van der Waals surface area contributed by atoms with Crippen LogP contribution in [0.4, 0.5) is 13.2 Å². The monoisotopic (exact) mass is 483 g/mol. The molecule has 1 aliphatic rings. The summed E-state index contributed by atoms with van der Waals surface area (Å²) < 4.78 is 72.3. The van der Waals surface area contributed by atoms with Crippen LogP contribution in [-0.2, 0) is 27.2 Å². The molecule has 0 N–H and O–H groups in total. The third-order valence-electron chi connectivity index (χ3n) is 5.65. The Morgan fingerprint density at radius 1 is 0.971 bits per heavy atom. The van der Waals surface area contributed by atoms with E-state index in [1.54, 1.807) is 31.2 Å². The highest BCUT2D eigenvalue weighted by molar-refractivity contribution is 7.95. The van der Waals surface area contributed by atoms with Gasteiger partial charge in [0.2, 0.25) is 9.84 Å². The lowest BCUT2D eigenvalue weighted by Gasteiger charge is -2.25. The third kappa shape index (κ3) is 4.70. The van der Waals surface area contributed by atoms with Gasteiger partial charge < -0.3 is 4.74 Å². The van der Waals surface area contributed by atoms with Crippen LogP contribution in [0.5, 0.6) is 0 Å². The number of ether oxygens (including phenoxy) is 1. The second kappa shape index (κ2) is 8.65. The molecule has 0 fully saturated rings. The minimum atomic E-state index is -4.57. The van der Waals surface area contributed by atoms with Gasteiger partial charge in [-0.3, -0.25) is 0 Å². The van der Waals surface area contributed by atoms with E-state index in [1.807, 2.05) is 36.4 Å². The summed E-state index contributed by atoms with van der Waals surface area (Å²) in [6.45, 7) is 1.80. The van der Waals surface area contributed by atoms with Gasteiger partial charge in [-0.25, -0.2) is 8.42 Å². The molecule has 0 radical (unpaired) electrons. The van der Waals surface area contributed by atoms with Crippen LogP contribution in [0.1, 0.15) is 35.6 Å². The SMILES string of the molecule is CC1(Cc2ccccc2)CC(S(=O)(=O)c2ccc(C(F)(F)F)cc2)=C(c2ccc(C#N)cc2)O1. The van der Waals surface area contributed by atoms with Crippen molar-refractivity contribution in [2.24, 2.45) is 0 Å². The predicted molar refractivity (Wildman–Crippen MR) is 121 cm³/mol. The molecule has 0 aromatic heterocycles. The molecule has 0 amide bonds. The van der Waals surface area contributed by atoms with Gasteiger partial charge in [-0.15, -0.1) is 0 Å². The molecule has 34 heavy (non-hydrogen) atoms. The molecule has 0 saturated carbocycles. The first-order valence-corrected chi connectivity index (χ1v) is 11.9. The topological polar surface area (TPSA) is 67.2 Å². The lowest BCUT2D eigenvalue weighted by atomic mass is 9.94. The van der Waals surface area contributed by atoms with E-state index in [1.165, 1.54) is 0 Å². The first-order chi connectivity index (χ1) is 16.0. The molecular formula is C26H20F3NO3S. The number of nitrogens with zero attached hydrogens (tertiary/aromatic N) is 1. The van der Waals surface area contributed by atoms with Gasteiger partial charge in [0.05, 0.1) is 27.0 Å².